The number of aromatic nitrogens is 1. The van der Waals surface area contributed by atoms with Crippen molar-refractivity contribution in [3.63, 3.8) is 0 Å². The van der Waals surface area contributed by atoms with Crippen molar-refractivity contribution in [3.8, 4) is 0 Å². The Morgan fingerprint density at radius 2 is 1.65 bits per heavy atom. The van der Waals surface area contributed by atoms with Gasteiger partial charge in [-0.15, -0.1) is 0 Å². The molecule has 2 N–H and O–H groups in total. The van der Waals surface area contributed by atoms with Crippen molar-refractivity contribution in [3.05, 3.63) is 60.2 Å². The highest BCUT2D eigenvalue weighted by Crippen LogP contribution is 2.35. The number of nitrogens with zero attached hydrogens (tertiary/aromatic N) is 1. The molecule has 3 aromatic rings. The summed E-state index contributed by atoms with van der Waals surface area (Å²) < 4.78 is 57.5. The molecule has 0 aliphatic carbocycles. The fourth-order valence-electron chi connectivity index (χ4n) is 2.79. The number of nitrogens with one attached hydrogen (secondary N) is 1. The van der Waals surface area contributed by atoms with E-state index in [1.807, 2.05) is 0 Å². The van der Waals surface area contributed by atoms with Gasteiger partial charge in [0.15, 0.2) is 0 Å². The number of halogens is 3. The van der Waals surface area contributed by atoms with E-state index in [1.165, 1.54) is 28.0 Å². The highest BCUT2D eigenvalue weighted by Gasteiger charge is 2.44. The molecular formula is C17H15F3N2O3S. The number of benzene rings is 2. The third-order valence-corrected chi connectivity index (χ3v) is 4.57. The summed E-state index contributed by atoms with van der Waals surface area (Å²) in [5.74, 6) is 1.20. The Morgan fingerprint density at radius 1 is 1.04 bits per heavy atom. The quantitative estimate of drug-likeness (QED) is 0.486. The molecule has 4 rings (SSSR count). The van der Waals surface area contributed by atoms with Gasteiger partial charge in [0.05, 0.1) is 0 Å². The normalized spacial score (nSPS) is 14.1. The van der Waals surface area contributed by atoms with E-state index in [0.29, 0.717) is 0 Å². The summed E-state index contributed by atoms with van der Waals surface area (Å²) in [4.78, 5) is 5.87. The van der Waals surface area contributed by atoms with E-state index in [1.54, 1.807) is 0 Å². The third-order valence-electron chi connectivity index (χ3n) is 3.99. The maximum atomic E-state index is 10.7. The molecule has 1 aromatic heterocycles. The average Bonchev–Trinajstić information content (AvgIpc) is 3.17. The molecule has 0 radical (unpaired) electrons. The minimum absolute atomic E-state index is 1.06. The van der Waals surface area contributed by atoms with E-state index >= 15 is 0 Å². The van der Waals surface area contributed by atoms with Crippen LogP contribution in [-0.4, -0.2) is 30.0 Å². The van der Waals surface area contributed by atoms with Gasteiger partial charge in [0, 0.05) is 23.1 Å². The van der Waals surface area contributed by atoms with E-state index in [9.17, 15) is 13.2 Å². The summed E-state index contributed by atoms with van der Waals surface area (Å²) in [6, 6.07) is 19.3. The summed E-state index contributed by atoms with van der Waals surface area (Å²) in [5.41, 5.74) is -1.55. The second-order valence-corrected chi connectivity index (χ2v) is 7.11. The van der Waals surface area contributed by atoms with Crippen LogP contribution >= 0.6 is 0 Å². The number of H-pyrrole nitrogens is 1. The molecule has 2 aromatic carbocycles. The first-order valence-electron chi connectivity index (χ1n) is 7.64. The summed E-state index contributed by atoms with van der Waals surface area (Å²) in [5, 5.41) is 1.27. The zero-order chi connectivity index (χ0) is 18.9. The van der Waals surface area contributed by atoms with E-state index < -0.39 is 15.6 Å². The number of aromatic amines is 1. The maximum absolute atomic E-state index is 10.7. The average molecular weight is 384 g/mol. The lowest BCUT2D eigenvalue weighted by Gasteiger charge is -2.17. The number of hydrogen-bond acceptors (Lipinski definition) is 3. The van der Waals surface area contributed by atoms with Gasteiger partial charge in [-0.1, -0.05) is 36.4 Å². The molecule has 26 heavy (non-hydrogen) atoms. The van der Waals surface area contributed by atoms with Crippen LogP contribution in [0.5, 0.6) is 0 Å². The molecule has 0 unspecified atom stereocenters. The standard InChI is InChI=1S/C16H14N2.CHF3O3S/c1-3-7-14-13(6-1)11-16(17-14)18-10-9-12-5-2-4-8-15(12)18;2-1(3,4)8(5,6)7/h1-8,11,17H,9-10H2;(H,5,6,7). The number of hydrogen-bond donors (Lipinski definition) is 2. The molecule has 1 aliphatic rings. The monoisotopic (exact) mass is 384 g/mol. The van der Waals surface area contributed by atoms with Crippen LogP contribution in [0.1, 0.15) is 5.56 Å². The number of alkyl halides is 3. The number of para-hydroxylation sites is 2. The molecule has 1 aliphatic heterocycles. The van der Waals surface area contributed by atoms with Gasteiger partial charge in [-0.3, -0.25) is 4.55 Å². The number of anilines is 2. The van der Waals surface area contributed by atoms with Gasteiger partial charge in [-0.2, -0.15) is 21.6 Å². The Hall–Kier alpha value is -2.52. The lowest BCUT2D eigenvalue weighted by molar-refractivity contribution is -0.0510. The zero-order valence-electron chi connectivity index (χ0n) is 13.4. The first kappa shape index (κ1) is 18.3. The highest BCUT2D eigenvalue weighted by atomic mass is 32.2. The second-order valence-electron chi connectivity index (χ2n) is 5.69. The van der Waals surface area contributed by atoms with Crippen LogP contribution in [0.25, 0.3) is 10.9 Å². The third kappa shape index (κ3) is 3.68. The van der Waals surface area contributed by atoms with Crippen molar-refractivity contribution in [2.24, 2.45) is 0 Å². The van der Waals surface area contributed by atoms with Crippen molar-refractivity contribution < 1.29 is 26.1 Å². The summed E-state index contributed by atoms with van der Waals surface area (Å²) in [6.07, 6.45) is 1.13. The van der Waals surface area contributed by atoms with Gasteiger partial charge in [-0.25, -0.2) is 0 Å². The molecule has 5 nitrogen and oxygen atoms in total. The van der Waals surface area contributed by atoms with E-state index in [2.05, 4.69) is 64.5 Å². The van der Waals surface area contributed by atoms with Crippen LogP contribution in [0.4, 0.5) is 24.7 Å². The van der Waals surface area contributed by atoms with Crippen molar-refractivity contribution in [2.75, 3.05) is 11.4 Å². The first-order valence-corrected chi connectivity index (χ1v) is 9.08. The molecule has 0 bridgehead atoms. The lowest BCUT2D eigenvalue weighted by atomic mass is 10.2. The molecule has 0 atom stereocenters. The minimum atomic E-state index is -5.84. The van der Waals surface area contributed by atoms with Crippen LogP contribution in [0, 0.1) is 0 Å². The summed E-state index contributed by atoms with van der Waals surface area (Å²) in [6.45, 7) is 1.06. The van der Waals surface area contributed by atoms with Gasteiger partial charge in [0.2, 0.25) is 0 Å². The minimum Gasteiger partial charge on any atom is -0.341 e. The largest absolute Gasteiger partial charge is 0.522 e. The van der Waals surface area contributed by atoms with Crippen LogP contribution in [0.15, 0.2) is 54.6 Å². The van der Waals surface area contributed by atoms with Crippen LogP contribution in [0.2, 0.25) is 0 Å². The molecule has 2 heterocycles. The van der Waals surface area contributed by atoms with E-state index in [-0.39, 0.29) is 0 Å². The molecule has 0 saturated heterocycles. The number of fused-ring (bicyclic) bond motifs is 2. The van der Waals surface area contributed by atoms with Gasteiger partial charge in [0.25, 0.3) is 0 Å². The van der Waals surface area contributed by atoms with Crippen molar-refractivity contribution >= 4 is 32.5 Å². The first-order chi connectivity index (χ1) is 12.2. The van der Waals surface area contributed by atoms with Gasteiger partial charge < -0.3 is 9.88 Å². The topological polar surface area (TPSA) is 73.4 Å². The molecule has 9 heteroatoms. The Balaban J connectivity index is 0.000000211. The fourth-order valence-corrected chi connectivity index (χ4v) is 2.79. The Labute approximate surface area is 147 Å². The van der Waals surface area contributed by atoms with Crippen molar-refractivity contribution in [1.82, 2.24) is 4.98 Å². The molecular weight excluding hydrogens is 369 g/mol. The van der Waals surface area contributed by atoms with Crippen LogP contribution in [-0.2, 0) is 16.5 Å². The lowest BCUT2D eigenvalue weighted by Crippen LogP contribution is -2.21. The molecule has 0 spiro atoms. The Bertz CT molecular complexity index is 996. The molecule has 0 fully saturated rings. The molecule has 0 saturated carbocycles. The predicted molar refractivity (Wildman–Crippen MR) is 93.1 cm³/mol. The Morgan fingerprint density at radius 3 is 2.31 bits per heavy atom. The smallest absolute Gasteiger partial charge is 0.341 e. The van der Waals surface area contributed by atoms with Gasteiger partial charge in [-0.05, 0) is 30.2 Å². The Kier molecular flexibility index (Phi) is 4.68. The fraction of sp³-hybridized carbons (Fsp3) is 0.176. The van der Waals surface area contributed by atoms with E-state index in [4.69, 9.17) is 13.0 Å². The predicted octanol–water partition coefficient (Wildman–Crippen LogP) is 4.26. The summed E-state index contributed by atoms with van der Waals surface area (Å²) in [7, 11) is -5.84. The SMILES string of the molecule is O=S(=O)(O)C(F)(F)F.c1ccc2c(c1)CCN2c1cc2ccccc2[nH]1. The summed E-state index contributed by atoms with van der Waals surface area (Å²) >= 11 is 0. The molecule has 0 amide bonds. The molecule has 138 valence electrons. The van der Waals surface area contributed by atoms with Gasteiger partial charge >= 0.3 is 15.6 Å². The second kappa shape index (κ2) is 6.65. The van der Waals surface area contributed by atoms with Gasteiger partial charge in [0.1, 0.15) is 5.82 Å². The van der Waals surface area contributed by atoms with Crippen LogP contribution < -0.4 is 4.90 Å². The zero-order valence-corrected chi connectivity index (χ0v) is 14.2. The van der Waals surface area contributed by atoms with Crippen LogP contribution in [0.3, 0.4) is 0 Å². The van der Waals surface area contributed by atoms with Crippen molar-refractivity contribution in [2.45, 2.75) is 11.9 Å². The van der Waals surface area contributed by atoms with Crippen molar-refractivity contribution in [1.29, 1.82) is 0 Å². The highest BCUT2D eigenvalue weighted by molar-refractivity contribution is 7.86. The maximum Gasteiger partial charge on any atom is 0.522 e. The van der Waals surface area contributed by atoms with E-state index in [0.717, 1.165) is 13.0 Å². The number of rotatable bonds is 1.